The standard InChI is InChI=1S/C13H21N3/c1-4-6-7-8-9-14-10-12-11-16(3)15-13(12)5-2/h1,11,14H,5-10H2,2-3H3. The molecule has 0 aliphatic heterocycles. The second kappa shape index (κ2) is 7.08. The topological polar surface area (TPSA) is 29.9 Å². The van der Waals surface area contributed by atoms with Gasteiger partial charge in [0.05, 0.1) is 5.69 Å². The molecule has 0 fully saturated rings. The van der Waals surface area contributed by atoms with Crippen LogP contribution in [0, 0.1) is 12.3 Å². The molecule has 0 aliphatic carbocycles. The van der Waals surface area contributed by atoms with Crippen LogP contribution in [0.15, 0.2) is 6.20 Å². The molecule has 1 N–H and O–H groups in total. The molecule has 0 radical (unpaired) electrons. The van der Waals surface area contributed by atoms with Crippen LogP contribution >= 0.6 is 0 Å². The highest BCUT2D eigenvalue weighted by molar-refractivity contribution is 5.16. The normalized spacial score (nSPS) is 10.3. The van der Waals surface area contributed by atoms with Gasteiger partial charge in [0.2, 0.25) is 0 Å². The Bertz CT molecular complexity index is 347. The Kier molecular flexibility index (Phi) is 5.66. The maximum Gasteiger partial charge on any atom is 0.0666 e. The molecule has 16 heavy (non-hydrogen) atoms. The summed E-state index contributed by atoms with van der Waals surface area (Å²) in [4.78, 5) is 0. The molecule has 0 bridgehead atoms. The number of rotatable bonds is 7. The number of hydrogen-bond donors (Lipinski definition) is 1. The molecule has 1 aromatic rings. The molecule has 1 rings (SSSR count). The Morgan fingerprint density at radius 3 is 3.00 bits per heavy atom. The number of terminal acetylenes is 1. The third-order valence-corrected chi connectivity index (χ3v) is 2.57. The maximum absolute atomic E-state index is 5.19. The predicted molar refractivity (Wildman–Crippen MR) is 67.0 cm³/mol. The van der Waals surface area contributed by atoms with E-state index < -0.39 is 0 Å². The van der Waals surface area contributed by atoms with Crippen LogP contribution in [-0.4, -0.2) is 16.3 Å². The number of nitrogens with zero attached hydrogens (tertiary/aromatic N) is 2. The minimum atomic E-state index is 0.884. The molecule has 1 aromatic heterocycles. The number of nitrogens with one attached hydrogen (secondary N) is 1. The van der Waals surface area contributed by atoms with Crippen LogP contribution in [0.25, 0.3) is 0 Å². The van der Waals surface area contributed by atoms with Gasteiger partial charge < -0.3 is 5.32 Å². The largest absolute Gasteiger partial charge is 0.313 e. The first-order valence-corrected chi connectivity index (χ1v) is 5.93. The van der Waals surface area contributed by atoms with Crippen LogP contribution < -0.4 is 5.32 Å². The van der Waals surface area contributed by atoms with Crippen molar-refractivity contribution in [2.45, 2.75) is 39.2 Å². The number of hydrogen-bond acceptors (Lipinski definition) is 2. The molecule has 0 aliphatic rings. The zero-order valence-electron chi connectivity index (χ0n) is 10.3. The predicted octanol–water partition coefficient (Wildman–Crippen LogP) is 1.88. The van der Waals surface area contributed by atoms with Crippen LogP contribution in [0.2, 0.25) is 0 Å². The summed E-state index contributed by atoms with van der Waals surface area (Å²) < 4.78 is 1.88. The summed E-state index contributed by atoms with van der Waals surface area (Å²) in [6, 6.07) is 0. The quantitative estimate of drug-likeness (QED) is 0.560. The minimum absolute atomic E-state index is 0.884. The fourth-order valence-electron chi connectivity index (χ4n) is 1.73. The second-order valence-electron chi connectivity index (χ2n) is 3.97. The highest BCUT2D eigenvalue weighted by atomic mass is 15.3. The van der Waals surface area contributed by atoms with E-state index in [1.807, 2.05) is 11.7 Å². The Morgan fingerprint density at radius 1 is 1.50 bits per heavy atom. The van der Waals surface area contributed by atoms with E-state index in [2.05, 4.69) is 29.5 Å². The lowest BCUT2D eigenvalue weighted by molar-refractivity contribution is 0.627. The zero-order valence-corrected chi connectivity index (χ0v) is 10.3. The van der Waals surface area contributed by atoms with Crippen molar-refractivity contribution in [3.05, 3.63) is 17.5 Å². The Morgan fingerprint density at radius 2 is 2.31 bits per heavy atom. The van der Waals surface area contributed by atoms with Crippen LogP contribution in [0.1, 0.15) is 37.4 Å². The van der Waals surface area contributed by atoms with Crippen molar-refractivity contribution >= 4 is 0 Å². The molecule has 0 aromatic carbocycles. The van der Waals surface area contributed by atoms with E-state index in [9.17, 15) is 0 Å². The fourth-order valence-corrected chi connectivity index (χ4v) is 1.73. The molecule has 0 spiro atoms. The van der Waals surface area contributed by atoms with Crippen molar-refractivity contribution in [3.8, 4) is 12.3 Å². The maximum atomic E-state index is 5.19. The molecular weight excluding hydrogens is 198 g/mol. The third kappa shape index (κ3) is 4.08. The summed E-state index contributed by atoms with van der Waals surface area (Å²) in [5.74, 6) is 2.66. The molecule has 0 atom stereocenters. The van der Waals surface area contributed by atoms with E-state index in [1.165, 1.54) is 11.3 Å². The summed E-state index contributed by atoms with van der Waals surface area (Å²) in [5, 5.41) is 7.83. The smallest absolute Gasteiger partial charge is 0.0666 e. The van der Waals surface area contributed by atoms with Gasteiger partial charge in [-0.05, 0) is 25.8 Å². The summed E-state index contributed by atoms with van der Waals surface area (Å²) in [6.45, 7) is 4.07. The third-order valence-electron chi connectivity index (χ3n) is 2.57. The lowest BCUT2D eigenvalue weighted by Gasteiger charge is -2.03. The van der Waals surface area contributed by atoms with Gasteiger partial charge in [-0.1, -0.05) is 6.92 Å². The molecule has 0 saturated carbocycles. The first kappa shape index (κ1) is 12.8. The van der Waals surface area contributed by atoms with Crippen LogP contribution in [0.5, 0.6) is 0 Å². The van der Waals surface area contributed by atoms with Crippen molar-refractivity contribution in [1.82, 2.24) is 15.1 Å². The monoisotopic (exact) mass is 219 g/mol. The van der Waals surface area contributed by atoms with E-state index in [-0.39, 0.29) is 0 Å². The van der Waals surface area contributed by atoms with Gasteiger partial charge >= 0.3 is 0 Å². The second-order valence-corrected chi connectivity index (χ2v) is 3.97. The van der Waals surface area contributed by atoms with Gasteiger partial charge in [0, 0.05) is 31.8 Å². The van der Waals surface area contributed by atoms with E-state index >= 15 is 0 Å². The summed E-state index contributed by atoms with van der Waals surface area (Å²) >= 11 is 0. The lowest BCUT2D eigenvalue weighted by atomic mass is 10.2. The van der Waals surface area contributed by atoms with Gasteiger partial charge in [-0.15, -0.1) is 12.3 Å². The molecule has 1 heterocycles. The van der Waals surface area contributed by atoms with Crippen LogP contribution in [-0.2, 0) is 20.0 Å². The molecule has 88 valence electrons. The number of aryl methyl sites for hydroxylation is 2. The zero-order chi connectivity index (χ0) is 11.8. The van der Waals surface area contributed by atoms with E-state index in [0.717, 1.165) is 38.8 Å². The molecule has 0 unspecified atom stereocenters. The van der Waals surface area contributed by atoms with E-state index in [1.54, 1.807) is 0 Å². The Labute approximate surface area is 98.2 Å². The van der Waals surface area contributed by atoms with E-state index in [4.69, 9.17) is 6.42 Å². The Balaban J connectivity index is 2.24. The summed E-state index contributed by atoms with van der Waals surface area (Å²) in [5.41, 5.74) is 2.50. The average Bonchev–Trinajstić information content (AvgIpc) is 2.64. The Hall–Kier alpha value is -1.27. The van der Waals surface area contributed by atoms with Crippen molar-refractivity contribution in [2.75, 3.05) is 6.54 Å². The van der Waals surface area contributed by atoms with Crippen LogP contribution in [0.4, 0.5) is 0 Å². The fraction of sp³-hybridized carbons (Fsp3) is 0.615. The van der Waals surface area contributed by atoms with Crippen molar-refractivity contribution in [1.29, 1.82) is 0 Å². The van der Waals surface area contributed by atoms with Gasteiger partial charge in [0.1, 0.15) is 0 Å². The minimum Gasteiger partial charge on any atom is -0.313 e. The molecule has 3 heteroatoms. The molecule has 0 amide bonds. The van der Waals surface area contributed by atoms with Crippen molar-refractivity contribution in [2.24, 2.45) is 7.05 Å². The van der Waals surface area contributed by atoms with Gasteiger partial charge in [-0.2, -0.15) is 5.10 Å². The number of unbranched alkanes of at least 4 members (excludes halogenated alkanes) is 2. The van der Waals surface area contributed by atoms with Crippen LogP contribution in [0.3, 0.4) is 0 Å². The van der Waals surface area contributed by atoms with Gasteiger partial charge in [0.25, 0.3) is 0 Å². The first-order valence-electron chi connectivity index (χ1n) is 5.93. The SMILES string of the molecule is C#CCCCCNCc1cn(C)nc1CC. The molecule has 3 nitrogen and oxygen atoms in total. The average molecular weight is 219 g/mol. The summed E-state index contributed by atoms with van der Waals surface area (Å²) in [7, 11) is 1.97. The number of aromatic nitrogens is 2. The first-order chi connectivity index (χ1) is 7.77. The molecular formula is C13H21N3. The molecule has 0 saturated heterocycles. The van der Waals surface area contributed by atoms with Gasteiger partial charge in [-0.25, -0.2) is 0 Å². The van der Waals surface area contributed by atoms with Crippen molar-refractivity contribution in [3.63, 3.8) is 0 Å². The van der Waals surface area contributed by atoms with Gasteiger partial charge in [0.15, 0.2) is 0 Å². The highest BCUT2D eigenvalue weighted by Crippen LogP contribution is 2.06. The highest BCUT2D eigenvalue weighted by Gasteiger charge is 2.04. The van der Waals surface area contributed by atoms with E-state index in [0.29, 0.717) is 0 Å². The lowest BCUT2D eigenvalue weighted by Crippen LogP contribution is -2.15. The van der Waals surface area contributed by atoms with Crippen molar-refractivity contribution < 1.29 is 0 Å². The summed E-state index contributed by atoms with van der Waals surface area (Å²) in [6.07, 6.45) is 11.4. The van der Waals surface area contributed by atoms with Gasteiger partial charge in [-0.3, -0.25) is 4.68 Å².